The van der Waals surface area contributed by atoms with Crippen molar-refractivity contribution in [3.05, 3.63) is 23.3 Å². The van der Waals surface area contributed by atoms with Crippen molar-refractivity contribution in [3.63, 3.8) is 0 Å². The molecule has 0 aromatic heterocycles. The number of rotatable bonds is 5. The number of fused-ring (bicyclic) bond motifs is 5. The lowest BCUT2D eigenvalue weighted by Gasteiger charge is -2.58. The Bertz CT molecular complexity index is 636. The van der Waals surface area contributed by atoms with Crippen molar-refractivity contribution in [1.82, 2.24) is 0 Å². The quantitative estimate of drug-likeness (QED) is 0.418. The molecule has 28 heavy (non-hydrogen) atoms. The van der Waals surface area contributed by atoms with Crippen molar-refractivity contribution in [3.8, 4) is 0 Å². The number of allylic oxidation sites excluding steroid dienone is 4. The molecule has 4 rings (SSSR count). The molecule has 0 aromatic rings. The van der Waals surface area contributed by atoms with Gasteiger partial charge in [0.05, 0.1) is 0 Å². The Hall–Kier alpha value is -0.520. The molecule has 4 aliphatic carbocycles. The van der Waals surface area contributed by atoms with E-state index < -0.39 is 0 Å². The Morgan fingerprint density at radius 2 is 1.68 bits per heavy atom. The smallest absolute Gasteiger partial charge is 0.00796 e. The van der Waals surface area contributed by atoms with Gasteiger partial charge < -0.3 is 0 Å². The van der Waals surface area contributed by atoms with Crippen molar-refractivity contribution < 1.29 is 0 Å². The molecule has 0 N–H and O–H groups in total. The molecule has 0 aliphatic heterocycles. The van der Waals surface area contributed by atoms with E-state index in [1.54, 1.807) is 0 Å². The first kappa shape index (κ1) is 20.7. The lowest BCUT2D eigenvalue weighted by Crippen LogP contribution is -2.49. The summed E-state index contributed by atoms with van der Waals surface area (Å²) < 4.78 is 0. The topological polar surface area (TPSA) is 0 Å². The van der Waals surface area contributed by atoms with Crippen LogP contribution < -0.4 is 0 Å². The molecule has 0 heteroatoms. The third kappa shape index (κ3) is 3.35. The molecule has 0 amide bonds. The van der Waals surface area contributed by atoms with E-state index in [4.69, 9.17) is 0 Å². The number of hydrogen-bond donors (Lipinski definition) is 0. The predicted octanol–water partition coefficient (Wildman–Crippen LogP) is 8.58. The van der Waals surface area contributed by atoms with Crippen LogP contribution >= 0.6 is 0 Å². The summed E-state index contributed by atoms with van der Waals surface area (Å²) in [6.45, 7) is 15.1. The molecule has 0 nitrogen and oxygen atoms in total. The van der Waals surface area contributed by atoms with Crippen LogP contribution in [0.5, 0.6) is 0 Å². The molecule has 0 saturated heterocycles. The highest BCUT2D eigenvalue weighted by Crippen LogP contribution is 2.66. The van der Waals surface area contributed by atoms with E-state index in [1.165, 1.54) is 64.2 Å². The Labute approximate surface area is 175 Å². The van der Waals surface area contributed by atoms with Crippen LogP contribution in [0.1, 0.15) is 106 Å². The summed E-state index contributed by atoms with van der Waals surface area (Å²) in [6.07, 6.45) is 19.6. The fraction of sp³-hybridized carbons (Fsp3) is 0.857. The van der Waals surface area contributed by atoms with Gasteiger partial charge in [-0.05, 0) is 97.7 Å². The molecule has 158 valence electrons. The van der Waals surface area contributed by atoms with E-state index in [2.05, 4.69) is 53.7 Å². The second-order valence-electron chi connectivity index (χ2n) is 12.2. The maximum atomic E-state index is 2.73. The minimum absolute atomic E-state index is 0.502. The molecular formula is C28H46. The van der Waals surface area contributed by atoms with Crippen LogP contribution in [0.4, 0.5) is 0 Å². The summed E-state index contributed by atoms with van der Waals surface area (Å²) in [4.78, 5) is 0. The van der Waals surface area contributed by atoms with Crippen LogP contribution in [0.3, 0.4) is 0 Å². The third-order valence-electron chi connectivity index (χ3n) is 9.94. The third-order valence-corrected chi connectivity index (χ3v) is 9.94. The van der Waals surface area contributed by atoms with E-state index in [1.807, 2.05) is 11.1 Å². The molecule has 0 bridgehead atoms. The lowest BCUT2D eigenvalue weighted by molar-refractivity contribution is -0.0230. The minimum atomic E-state index is 0.502. The standard InChI is InChI=1S/C28H46/c1-19(2)8-7-9-21(4)24-12-13-25-23-11-10-22-18-20(3)14-16-27(22,5)26(23)15-17-28(24,25)6/h10,12,19-21,23,25-26H,7-9,11,13-18H2,1-6H3/t20?,21-,23?,25?,26?,27?,28?/m1/s1. The summed E-state index contributed by atoms with van der Waals surface area (Å²) in [5.41, 5.74) is 4.74. The van der Waals surface area contributed by atoms with Crippen molar-refractivity contribution in [2.45, 2.75) is 106 Å². The first-order chi connectivity index (χ1) is 13.3. The Morgan fingerprint density at radius 1 is 0.929 bits per heavy atom. The second-order valence-corrected chi connectivity index (χ2v) is 12.2. The average molecular weight is 383 g/mol. The fourth-order valence-corrected chi connectivity index (χ4v) is 8.20. The first-order valence-corrected chi connectivity index (χ1v) is 12.7. The normalized spacial score (nSPS) is 43.7. The Morgan fingerprint density at radius 3 is 2.43 bits per heavy atom. The summed E-state index contributed by atoms with van der Waals surface area (Å²) in [5.74, 6) is 5.38. The zero-order valence-corrected chi connectivity index (χ0v) is 19.7. The highest BCUT2D eigenvalue weighted by molar-refractivity contribution is 5.30. The Balaban J connectivity index is 1.50. The van der Waals surface area contributed by atoms with E-state index in [-0.39, 0.29) is 0 Å². The van der Waals surface area contributed by atoms with Gasteiger partial charge in [-0.3, -0.25) is 0 Å². The van der Waals surface area contributed by atoms with Crippen LogP contribution in [-0.2, 0) is 0 Å². The van der Waals surface area contributed by atoms with Gasteiger partial charge in [0.15, 0.2) is 0 Å². The molecule has 7 atom stereocenters. The lowest BCUT2D eigenvalue weighted by atomic mass is 9.46. The monoisotopic (exact) mass is 382 g/mol. The summed E-state index contributed by atoms with van der Waals surface area (Å²) in [7, 11) is 0. The van der Waals surface area contributed by atoms with Gasteiger partial charge in [-0.2, -0.15) is 0 Å². The van der Waals surface area contributed by atoms with Crippen molar-refractivity contribution in [2.24, 2.45) is 46.3 Å². The van der Waals surface area contributed by atoms with Crippen LogP contribution in [0.2, 0.25) is 0 Å². The van der Waals surface area contributed by atoms with Gasteiger partial charge in [0.25, 0.3) is 0 Å². The van der Waals surface area contributed by atoms with Gasteiger partial charge in [-0.1, -0.05) is 77.7 Å². The molecule has 6 unspecified atom stereocenters. The zero-order chi connectivity index (χ0) is 20.1. The second kappa shape index (κ2) is 7.63. The molecule has 0 heterocycles. The fourth-order valence-electron chi connectivity index (χ4n) is 8.20. The van der Waals surface area contributed by atoms with E-state index in [0.29, 0.717) is 10.8 Å². The number of hydrogen-bond acceptors (Lipinski definition) is 0. The van der Waals surface area contributed by atoms with Crippen molar-refractivity contribution in [1.29, 1.82) is 0 Å². The molecule has 0 aromatic carbocycles. The van der Waals surface area contributed by atoms with Crippen LogP contribution in [0.25, 0.3) is 0 Å². The summed E-state index contributed by atoms with van der Waals surface area (Å²) in [6, 6.07) is 0. The van der Waals surface area contributed by atoms with Gasteiger partial charge in [0, 0.05) is 0 Å². The van der Waals surface area contributed by atoms with Crippen LogP contribution in [0.15, 0.2) is 23.3 Å². The van der Waals surface area contributed by atoms with Crippen LogP contribution in [-0.4, -0.2) is 0 Å². The summed E-state index contributed by atoms with van der Waals surface area (Å²) in [5, 5.41) is 0. The maximum absolute atomic E-state index is 2.73. The van der Waals surface area contributed by atoms with Gasteiger partial charge in [0.2, 0.25) is 0 Å². The molecular weight excluding hydrogens is 336 g/mol. The molecule has 0 radical (unpaired) electrons. The highest BCUT2D eigenvalue weighted by Gasteiger charge is 2.56. The molecule has 4 aliphatic rings. The van der Waals surface area contributed by atoms with Crippen molar-refractivity contribution >= 4 is 0 Å². The van der Waals surface area contributed by atoms with Gasteiger partial charge >= 0.3 is 0 Å². The summed E-state index contributed by atoms with van der Waals surface area (Å²) >= 11 is 0. The van der Waals surface area contributed by atoms with Gasteiger partial charge in [-0.25, -0.2) is 0 Å². The average Bonchev–Trinajstić information content (AvgIpc) is 2.99. The molecule has 2 fully saturated rings. The van der Waals surface area contributed by atoms with Crippen LogP contribution in [0, 0.1) is 46.3 Å². The highest BCUT2D eigenvalue weighted by atomic mass is 14.6. The van der Waals surface area contributed by atoms with Gasteiger partial charge in [0.1, 0.15) is 0 Å². The van der Waals surface area contributed by atoms with Crippen molar-refractivity contribution in [2.75, 3.05) is 0 Å². The first-order valence-electron chi connectivity index (χ1n) is 12.7. The SMILES string of the molecule is CC(C)CCC[C@@H](C)C1=CCC2C3CC=C4CC(C)CCC4(C)C3CCC12C. The zero-order valence-electron chi connectivity index (χ0n) is 19.7. The molecule has 2 saturated carbocycles. The van der Waals surface area contributed by atoms with E-state index in [9.17, 15) is 0 Å². The van der Waals surface area contributed by atoms with E-state index in [0.717, 1.165) is 35.5 Å². The van der Waals surface area contributed by atoms with E-state index >= 15 is 0 Å². The van der Waals surface area contributed by atoms with Gasteiger partial charge in [-0.15, -0.1) is 0 Å². The predicted molar refractivity (Wildman–Crippen MR) is 122 cm³/mol. The minimum Gasteiger partial charge on any atom is -0.0845 e. The maximum Gasteiger partial charge on any atom is -0.00796 e. The largest absolute Gasteiger partial charge is 0.0845 e. The Kier molecular flexibility index (Phi) is 5.65. The molecule has 0 spiro atoms.